The standard InChI is InChI=1S/C11H8OS/c1-2-4-9-8(3-1)7-11-10(12-9)5-6-13-11/h1-7,10H. The Bertz CT molecular complexity index is 406. The number of fused-ring (bicyclic) bond motifs is 2. The van der Waals surface area contributed by atoms with E-state index in [1.807, 2.05) is 18.2 Å². The quantitative estimate of drug-likeness (QED) is 0.619. The molecule has 0 saturated carbocycles. The summed E-state index contributed by atoms with van der Waals surface area (Å²) in [6, 6.07) is 8.13. The smallest absolute Gasteiger partial charge is 0.149 e. The summed E-state index contributed by atoms with van der Waals surface area (Å²) in [5.74, 6) is 0.989. The van der Waals surface area contributed by atoms with Gasteiger partial charge in [0.15, 0.2) is 0 Å². The van der Waals surface area contributed by atoms with Gasteiger partial charge in [-0.3, -0.25) is 0 Å². The summed E-state index contributed by atoms with van der Waals surface area (Å²) in [6.07, 6.45) is 4.46. The number of para-hydroxylation sites is 1. The van der Waals surface area contributed by atoms with Gasteiger partial charge < -0.3 is 4.74 Å². The predicted octanol–water partition coefficient (Wildman–Crippen LogP) is 3.05. The van der Waals surface area contributed by atoms with Gasteiger partial charge in [0, 0.05) is 10.5 Å². The maximum absolute atomic E-state index is 5.78. The molecule has 0 N–H and O–H groups in total. The lowest BCUT2D eigenvalue weighted by Gasteiger charge is -2.20. The molecule has 13 heavy (non-hydrogen) atoms. The zero-order chi connectivity index (χ0) is 8.67. The predicted molar refractivity (Wildman–Crippen MR) is 55.6 cm³/mol. The molecular formula is C11H8OS. The molecule has 1 unspecified atom stereocenters. The van der Waals surface area contributed by atoms with E-state index in [-0.39, 0.29) is 6.10 Å². The highest BCUT2D eigenvalue weighted by molar-refractivity contribution is 8.06. The van der Waals surface area contributed by atoms with Crippen molar-refractivity contribution in [3.8, 4) is 5.75 Å². The van der Waals surface area contributed by atoms with Crippen LogP contribution in [-0.2, 0) is 0 Å². The maximum Gasteiger partial charge on any atom is 0.149 e. The van der Waals surface area contributed by atoms with Crippen LogP contribution in [0.4, 0.5) is 0 Å². The number of hydrogen-bond acceptors (Lipinski definition) is 2. The summed E-state index contributed by atoms with van der Waals surface area (Å²) in [5, 5.41) is 2.09. The zero-order valence-corrected chi connectivity index (χ0v) is 7.75. The van der Waals surface area contributed by atoms with Gasteiger partial charge in [-0.25, -0.2) is 0 Å². The summed E-state index contributed by atoms with van der Waals surface area (Å²) >= 11 is 1.75. The molecule has 2 aliphatic rings. The molecule has 1 atom stereocenters. The van der Waals surface area contributed by atoms with Crippen LogP contribution in [0.2, 0.25) is 0 Å². The lowest BCUT2D eigenvalue weighted by molar-refractivity contribution is 0.290. The van der Waals surface area contributed by atoms with Crippen molar-refractivity contribution in [1.29, 1.82) is 0 Å². The van der Waals surface area contributed by atoms with E-state index in [0.29, 0.717) is 0 Å². The molecule has 0 saturated heterocycles. The fourth-order valence-corrected chi connectivity index (χ4v) is 2.40. The molecule has 1 aromatic carbocycles. The molecule has 3 rings (SSSR count). The van der Waals surface area contributed by atoms with Crippen LogP contribution in [0.5, 0.6) is 5.75 Å². The Balaban J connectivity index is 2.13. The van der Waals surface area contributed by atoms with Crippen molar-refractivity contribution in [2.45, 2.75) is 6.10 Å². The Kier molecular flexibility index (Phi) is 1.49. The lowest BCUT2D eigenvalue weighted by Crippen LogP contribution is -2.15. The maximum atomic E-state index is 5.78. The van der Waals surface area contributed by atoms with E-state index in [1.54, 1.807) is 11.8 Å². The van der Waals surface area contributed by atoms with Crippen LogP contribution in [0, 0.1) is 0 Å². The summed E-state index contributed by atoms with van der Waals surface area (Å²) < 4.78 is 5.78. The van der Waals surface area contributed by atoms with Crippen molar-refractivity contribution in [3.63, 3.8) is 0 Å². The second-order valence-electron chi connectivity index (χ2n) is 3.07. The molecule has 2 heterocycles. The number of hydrogen-bond donors (Lipinski definition) is 0. The van der Waals surface area contributed by atoms with Gasteiger partial charge >= 0.3 is 0 Å². The first-order chi connectivity index (χ1) is 6.43. The molecule has 0 radical (unpaired) electrons. The minimum atomic E-state index is 0.167. The van der Waals surface area contributed by atoms with E-state index in [0.717, 1.165) is 5.75 Å². The Morgan fingerprint density at radius 3 is 3.15 bits per heavy atom. The molecule has 64 valence electrons. The topological polar surface area (TPSA) is 9.23 Å². The fraction of sp³-hybridized carbons (Fsp3) is 0.0909. The van der Waals surface area contributed by atoms with Crippen molar-refractivity contribution in [3.05, 3.63) is 46.2 Å². The summed E-state index contributed by atoms with van der Waals surface area (Å²) in [4.78, 5) is 1.29. The number of ether oxygens (including phenoxy) is 1. The van der Waals surface area contributed by atoms with Crippen molar-refractivity contribution in [2.24, 2.45) is 0 Å². The van der Waals surface area contributed by atoms with Crippen LogP contribution < -0.4 is 4.74 Å². The Morgan fingerprint density at radius 1 is 1.23 bits per heavy atom. The normalized spacial score (nSPS) is 23.1. The Morgan fingerprint density at radius 2 is 2.15 bits per heavy atom. The molecule has 0 aliphatic carbocycles. The van der Waals surface area contributed by atoms with Crippen LogP contribution in [0.1, 0.15) is 5.56 Å². The Labute approximate surface area is 81.1 Å². The van der Waals surface area contributed by atoms with Gasteiger partial charge in [-0.05, 0) is 23.6 Å². The van der Waals surface area contributed by atoms with E-state index >= 15 is 0 Å². The molecule has 1 aromatic rings. The van der Waals surface area contributed by atoms with Crippen LogP contribution in [0.3, 0.4) is 0 Å². The van der Waals surface area contributed by atoms with E-state index < -0.39 is 0 Å². The minimum absolute atomic E-state index is 0.167. The van der Waals surface area contributed by atoms with Gasteiger partial charge in [0.05, 0.1) is 0 Å². The Hall–Kier alpha value is -1.15. The molecule has 0 fully saturated rings. The summed E-state index contributed by atoms with van der Waals surface area (Å²) in [7, 11) is 0. The molecule has 0 amide bonds. The molecule has 2 aliphatic heterocycles. The highest BCUT2D eigenvalue weighted by Gasteiger charge is 2.23. The first kappa shape index (κ1) is 7.27. The average Bonchev–Trinajstić information content (AvgIpc) is 2.61. The van der Waals surface area contributed by atoms with E-state index in [2.05, 4.69) is 23.6 Å². The second kappa shape index (κ2) is 2.67. The zero-order valence-electron chi connectivity index (χ0n) is 6.94. The number of thioether (sulfide) groups is 1. The minimum Gasteiger partial charge on any atom is -0.480 e. The van der Waals surface area contributed by atoms with Crippen molar-refractivity contribution >= 4 is 17.8 Å². The third-order valence-corrected chi connectivity index (χ3v) is 3.12. The second-order valence-corrected chi connectivity index (χ2v) is 4.05. The molecule has 0 bridgehead atoms. The molecule has 0 spiro atoms. The number of benzene rings is 1. The first-order valence-electron chi connectivity index (χ1n) is 4.24. The van der Waals surface area contributed by atoms with Crippen molar-refractivity contribution in [2.75, 3.05) is 0 Å². The number of rotatable bonds is 0. The van der Waals surface area contributed by atoms with Crippen molar-refractivity contribution < 1.29 is 4.74 Å². The fourth-order valence-electron chi connectivity index (χ4n) is 1.56. The molecular weight excluding hydrogens is 180 g/mol. The van der Waals surface area contributed by atoms with Gasteiger partial charge in [0.25, 0.3) is 0 Å². The van der Waals surface area contributed by atoms with Gasteiger partial charge in [-0.1, -0.05) is 30.0 Å². The van der Waals surface area contributed by atoms with Gasteiger partial charge in [-0.15, -0.1) is 0 Å². The lowest BCUT2D eigenvalue weighted by atomic mass is 10.1. The van der Waals surface area contributed by atoms with Crippen molar-refractivity contribution in [1.82, 2.24) is 0 Å². The van der Waals surface area contributed by atoms with Gasteiger partial charge in [-0.2, -0.15) is 0 Å². The average molecular weight is 188 g/mol. The molecule has 1 nitrogen and oxygen atoms in total. The highest BCUT2D eigenvalue weighted by atomic mass is 32.2. The molecule has 2 heteroatoms. The van der Waals surface area contributed by atoms with Crippen LogP contribution >= 0.6 is 11.8 Å². The third kappa shape index (κ3) is 1.10. The van der Waals surface area contributed by atoms with Crippen LogP contribution in [0.15, 0.2) is 40.7 Å². The van der Waals surface area contributed by atoms with E-state index in [4.69, 9.17) is 4.74 Å². The monoisotopic (exact) mass is 188 g/mol. The highest BCUT2D eigenvalue weighted by Crippen LogP contribution is 2.39. The largest absolute Gasteiger partial charge is 0.480 e. The van der Waals surface area contributed by atoms with Crippen LogP contribution in [0.25, 0.3) is 6.08 Å². The van der Waals surface area contributed by atoms with Gasteiger partial charge in [0.1, 0.15) is 11.9 Å². The first-order valence-corrected chi connectivity index (χ1v) is 5.12. The SMILES string of the molecule is C1=CC2Oc3ccccc3C=C2S1. The van der Waals surface area contributed by atoms with Crippen LogP contribution in [-0.4, -0.2) is 6.10 Å². The van der Waals surface area contributed by atoms with E-state index in [9.17, 15) is 0 Å². The van der Waals surface area contributed by atoms with Gasteiger partial charge in [0.2, 0.25) is 0 Å². The third-order valence-electron chi connectivity index (χ3n) is 2.21. The summed E-state index contributed by atoms with van der Waals surface area (Å²) in [5.41, 5.74) is 1.19. The summed E-state index contributed by atoms with van der Waals surface area (Å²) in [6.45, 7) is 0. The molecule has 0 aromatic heterocycles. The van der Waals surface area contributed by atoms with E-state index in [1.165, 1.54) is 10.5 Å².